The molecule has 1 amide bonds. The summed E-state index contributed by atoms with van der Waals surface area (Å²) >= 11 is 0. The van der Waals surface area contributed by atoms with Crippen molar-refractivity contribution < 1.29 is 32.9 Å². The molecule has 9 heteroatoms. The first-order valence-corrected chi connectivity index (χ1v) is 34.8. The number of nitrogens with one attached hydrogen (secondary N) is 1. The van der Waals surface area contributed by atoms with Crippen molar-refractivity contribution in [3.8, 4) is 0 Å². The molecule has 0 aliphatic rings. The number of likely N-dealkylation sites (N-methyl/N-ethyl adjacent to an activating group) is 1. The predicted octanol–water partition coefficient (Wildman–Crippen LogP) is 20.4. The van der Waals surface area contributed by atoms with Crippen LogP contribution in [0.25, 0.3) is 0 Å². The molecule has 0 aromatic rings. The lowest BCUT2D eigenvalue weighted by Gasteiger charge is -2.29. The zero-order chi connectivity index (χ0) is 57.0. The third-order valence-corrected chi connectivity index (χ3v) is 15.8. The second-order valence-electron chi connectivity index (χ2n) is 23.8. The first kappa shape index (κ1) is 75.9. The summed E-state index contributed by atoms with van der Waals surface area (Å²) in [6, 6.07) is -0.911. The van der Waals surface area contributed by atoms with Crippen LogP contribution in [0.15, 0.2) is 72.9 Å². The number of aliphatic hydroxyl groups excluding tert-OH is 1. The lowest BCUT2D eigenvalue weighted by molar-refractivity contribution is -0.870. The highest BCUT2D eigenvalue weighted by molar-refractivity contribution is 7.45. The van der Waals surface area contributed by atoms with Crippen LogP contribution in [0.2, 0.25) is 0 Å². The zero-order valence-corrected chi connectivity index (χ0v) is 53.0. The summed E-state index contributed by atoms with van der Waals surface area (Å²) < 4.78 is 23.4. The third-order valence-electron chi connectivity index (χ3n) is 14.9. The minimum absolute atomic E-state index is 0.00938. The fourth-order valence-electron chi connectivity index (χ4n) is 9.67. The molecule has 0 saturated heterocycles. The van der Waals surface area contributed by atoms with Crippen LogP contribution in [0, 0.1) is 0 Å². The Kier molecular flexibility index (Phi) is 58.0. The highest BCUT2D eigenvalue weighted by Gasteiger charge is 2.23. The van der Waals surface area contributed by atoms with Crippen LogP contribution in [0.4, 0.5) is 0 Å². The van der Waals surface area contributed by atoms with E-state index in [1.165, 1.54) is 231 Å². The van der Waals surface area contributed by atoms with E-state index >= 15 is 0 Å². The summed E-state index contributed by atoms with van der Waals surface area (Å²) in [6.07, 6.45) is 83.1. The van der Waals surface area contributed by atoms with Gasteiger partial charge in [-0.2, -0.15) is 0 Å². The molecule has 8 nitrogen and oxygen atoms in total. The summed E-state index contributed by atoms with van der Waals surface area (Å²) in [5.41, 5.74) is 0. The molecule has 0 spiro atoms. The van der Waals surface area contributed by atoms with Crippen LogP contribution < -0.4 is 10.2 Å². The van der Waals surface area contributed by atoms with E-state index < -0.39 is 26.6 Å². The zero-order valence-electron chi connectivity index (χ0n) is 52.1. The highest BCUT2D eigenvalue weighted by Crippen LogP contribution is 2.38. The van der Waals surface area contributed by atoms with E-state index in [1.807, 2.05) is 27.2 Å². The van der Waals surface area contributed by atoms with Crippen molar-refractivity contribution in [3.63, 3.8) is 0 Å². The Hall–Kier alpha value is -2.06. The van der Waals surface area contributed by atoms with Gasteiger partial charge in [-0.3, -0.25) is 9.36 Å². The van der Waals surface area contributed by atoms with Crippen molar-refractivity contribution in [1.29, 1.82) is 0 Å². The van der Waals surface area contributed by atoms with E-state index in [0.29, 0.717) is 17.4 Å². The Morgan fingerprint density at radius 3 is 1.13 bits per heavy atom. The number of nitrogens with zero attached hydrogens (tertiary/aromatic N) is 1. The molecule has 0 saturated carbocycles. The lowest BCUT2D eigenvalue weighted by Crippen LogP contribution is -2.45. The second kappa shape index (κ2) is 59.6. The summed E-state index contributed by atoms with van der Waals surface area (Å²) in [5, 5.41) is 13.9. The fraction of sp³-hybridized carbons (Fsp3) is 0.812. The first-order valence-electron chi connectivity index (χ1n) is 33.3. The van der Waals surface area contributed by atoms with Gasteiger partial charge >= 0.3 is 0 Å². The number of aliphatic hydroxyl groups is 1. The maximum absolute atomic E-state index is 13.0. The molecule has 0 aliphatic carbocycles. The Balaban J connectivity index is 3.97. The average Bonchev–Trinajstić information content (AvgIpc) is 3.40. The topological polar surface area (TPSA) is 108 Å². The number of carbonyl (C=O) groups excluding carboxylic acids is 1. The van der Waals surface area contributed by atoms with Gasteiger partial charge in [-0.1, -0.05) is 292 Å². The summed E-state index contributed by atoms with van der Waals surface area (Å²) in [6.45, 7) is 4.62. The third kappa shape index (κ3) is 61.6. The maximum atomic E-state index is 13.0. The van der Waals surface area contributed by atoms with Gasteiger partial charge in [0.25, 0.3) is 7.82 Å². The van der Waals surface area contributed by atoms with E-state index in [1.54, 1.807) is 6.08 Å². The standard InChI is InChI=1S/C69H129N2O6P/c1-6-8-10-12-14-16-18-20-22-24-25-26-27-28-29-30-31-32-33-34-35-36-37-38-39-40-41-42-43-44-45-47-49-51-53-55-57-59-61-63-69(73)70-67(66-77-78(74,75)76-65-64-71(3,4)5)68(72)62-60-58-56-54-52-50-48-46-23-21-19-17-15-13-11-9-7-2/h18,20,23-25,27-28,46,52,54,60,62,67-68,72H,6-17,19,21-22,26,29-45,47-51,53,55-59,61,63-66H2,1-5H3,(H-,70,73,74,75)/b20-18-,25-24-,28-27-,46-23+,54-52+,62-60+. The van der Waals surface area contributed by atoms with Gasteiger partial charge in [0, 0.05) is 6.42 Å². The number of carbonyl (C=O) groups is 1. The Labute approximate surface area is 484 Å². The van der Waals surface area contributed by atoms with Crippen LogP contribution in [0.5, 0.6) is 0 Å². The molecule has 456 valence electrons. The molecule has 2 N–H and O–H groups in total. The summed E-state index contributed by atoms with van der Waals surface area (Å²) in [7, 11) is 1.24. The van der Waals surface area contributed by atoms with Crippen molar-refractivity contribution in [3.05, 3.63) is 72.9 Å². The molecule has 0 rings (SSSR count). The first-order chi connectivity index (χ1) is 38.0. The van der Waals surface area contributed by atoms with Crippen molar-refractivity contribution in [2.45, 2.75) is 321 Å². The molecule has 0 aromatic carbocycles. The number of phosphoric acid groups is 1. The van der Waals surface area contributed by atoms with Crippen LogP contribution in [0.3, 0.4) is 0 Å². The monoisotopic (exact) mass is 1110 g/mol. The molecule has 3 atom stereocenters. The molecule has 0 bridgehead atoms. The average molecular weight is 1110 g/mol. The number of allylic oxidation sites excluding steroid dienone is 11. The van der Waals surface area contributed by atoms with Crippen molar-refractivity contribution >= 4 is 13.7 Å². The molecule has 0 aliphatic heterocycles. The Morgan fingerprint density at radius 1 is 0.449 bits per heavy atom. The molecular formula is C69H129N2O6P. The summed E-state index contributed by atoms with van der Waals surface area (Å²) in [4.78, 5) is 25.5. The number of rotatable bonds is 61. The molecular weight excluding hydrogens is 984 g/mol. The van der Waals surface area contributed by atoms with E-state index in [2.05, 4.69) is 79.9 Å². The molecule has 0 heterocycles. The largest absolute Gasteiger partial charge is 0.756 e. The molecule has 0 radical (unpaired) electrons. The molecule has 0 aromatic heterocycles. The molecule has 78 heavy (non-hydrogen) atoms. The smallest absolute Gasteiger partial charge is 0.268 e. The van der Waals surface area contributed by atoms with Crippen LogP contribution >= 0.6 is 7.82 Å². The van der Waals surface area contributed by atoms with Crippen LogP contribution in [-0.2, 0) is 18.4 Å². The SMILES string of the molecule is CCCCCCC/C=C\C/C=C\C/C=C\CCCCCCCCCCCCCCCCCCCCCCCCCCC(=O)NC(COP(=O)([O-])OCC[N+](C)(C)C)C(O)/C=C/CC/C=C/CC/C=C/CCCCCCCCC. The van der Waals surface area contributed by atoms with Gasteiger partial charge < -0.3 is 28.8 Å². The Morgan fingerprint density at radius 2 is 0.756 bits per heavy atom. The van der Waals surface area contributed by atoms with Crippen molar-refractivity contribution in [2.75, 3.05) is 40.9 Å². The number of hydrogen-bond acceptors (Lipinski definition) is 6. The van der Waals surface area contributed by atoms with E-state index in [9.17, 15) is 19.4 Å². The predicted molar refractivity (Wildman–Crippen MR) is 339 cm³/mol. The number of phosphoric ester groups is 1. The van der Waals surface area contributed by atoms with Crippen molar-refractivity contribution in [2.24, 2.45) is 0 Å². The van der Waals surface area contributed by atoms with Crippen molar-refractivity contribution in [1.82, 2.24) is 5.32 Å². The van der Waals surface area contributed by atoms with Gasteiger partial charge in [0.05, 0.1) is 39.9 Å². The second-order valence-corrected chi connectivity index (χ2v) is 25.2. The molecule has 3 unspecified atom stereocenters. The quantitative estimate of drug-likeness (QED) is 0.0272. The van der Waals surface area contributed by atoms with Gasteiger partial charge in [0.1, 0.15) is 13.2 Å². The van der Waals surface area contributed by atoms with Crippen LogP contribution in [-0.4, -0.2) is 68.5 Å². The van der Waals surface area contributed by atoms with Gasteiger partial charge in [-0.25, -0.2) is 0 Å². The van der Waals surface area contributed by atoms with E-state index in [-0.39, 0.29) is 12.5 Å². The van der Waals surface area contributed by atoms with Gasteiger partial charge in [0.2, 0.25) is 5.91 Å². The van der Waals surface area contributed by atoms with Gasteiger partial charge in [0.15, 0.2) is 0 Å². The van der Waals surface area contributed by atoms with Gasteiger partial charge in [-0.05, 0) is 83.5 Å². The minimum atomic E-state index is -4.61. The highest BCUT2D eigenvalue weighted by atomic mass is 31.2. The van der Waals surface area contributed by atoms with E-state index in [0.717, 1.165) is 57.8 Å². The lowest BCUT2D eigenvalue weighted by atomic mass is 10.0. The van der Waals surface area contributed by atoms with Crippen LogP contribution in [0.1, 0.15) is 309 Å². The number of quaternary nitrogens is 1. The fourth-order valence-corrected chi connectivity index (χ4v) is 10.4. The Bertz CT molecular complexity index is 1500. The minimum Gasteiger partial charge on any atom is -0.756 e. The number of amides is 1. The summed E-state index contributed by atoms with van der Waals surface area (Å²) in [5.74, 6) is -0.208. The molecule has 0 fully saturated rings. The van der Waals surface area contributed by atoms with E-state index in [4.69, 9.17) is 9.05 Å². The van der Waals surface area contributed by atoms with Gasteiger partial charge in [-0.15, -0.1) is 0 Å². The normalized spacial score (nSPS) is 14.2. The number of hydrogen-bond donors (Lipinski definition) is 2. The number of unbranched alkanes of at least 4 members (excludes halogenated alkanes) is 38. The maximum Gasteiger partial charge on any atom is 0.268 e.